The van der Waals surface area contributed by atoms with Crippen LogP contribution in [0, 0.1) is 0 Å². The summed E-state index contributed by atoms with van der Waals surface area (Å²) in [7, 11) is 1.60. The summed E-state index contributed by atoms with van der Waals surface area (Å²) in [5.74, 6) is 1.40. The van der Waals surface area contributed by atoms with Crippen LogP contribution >= 0.6 is 0 Å². The molecule has 0 fully saturated rings. The van der Waals surface area contributed by atoms with E-state index in [2.05, 4.69) is 5.32 Å². The van der Waals surface area contributed by atoms with Gasteiger partial charge in [-0.2, -0.15) is 0 Å². The van der Waals surface area contributed by atoms with Crippen LogP contribution in [0.4, 0.5) is 0 Å². The molecule has 0 aliphatic rings. The molecular weight excluding hydrogens is 294 g/mol. The maximum atomic E-state index is 11.8. The molecule has 5 nitrogen and oxygen atoms in total. The predicted molar refractivity (Wildman–Crippen MR) is 88.1 cm³/mol. The monoisotopic (exact) mass is 315 g/mol. The van der Waals surface area contributed by atoms with Crippen LogP contribution in [0.1, 0.15) is 10.4 Å². The predicted octanol–water partition coefficient (Wildman–Crippen LogP) is 2.52. The van der Waals surface area contributed by atoms with Crippen molar-refractivity contribution in [2.75, 3.05) is 33.5 Å². The molecule has 1 amide bonds. The second kappa shape index (κ2) is 9.48. The lowest BCUT2D eigenvalue weighted by molar-refractivity contribution is 0.0937. The van der Waals surface area contributed by atoms with E-state index in [9.17, 15) is 4.79 Å². The number of ether oxygens (including phenoxy) is 3. The van der Waals surface area contributed by atoms with Gasteiger partial charge in [0.1, 0.15) is 24.7 Å². The van der Waals surface area contributed by atoms with Gasteiger partial charge in [-0.3, -0.25) is 4.79 Å². The number of nitrogens with one attached hydrogen (secondary N) is 1. The van der Waals surface area contributed by atoms with Crippen molar-refractivity contribution in [3.63, 3.8) is 0 Å². The molecule has 0 aromatic heterocycles. The van der Waals surface area contributed by atoms with Crippen molar-refractivity contribution in [1.29, 1.82) is 0 Å². The van der Waals surface area contributed by atoms with Gasteiger partial charge in [0.2, 0.25) is 0 Å². The number of rotatable bonds is 9. The molecule has 2 aromatic carbocycles. The fourth-order valence-electron chi connectivity index (χ4n) is 1.91. The average Bonchev–Trinajstić information content (AvgIpc) is 2.60. The lowest BCUT2D eigenvalue weighted by Gasteiger charge is -2.09. The van der Waals surface area contributed by atoms with Gasteiger partial charge in [0.25, 0.3) is 5.91 Å². The maximum Gasteiger partial charge on any atom is 0.251 e. The topological polar surface area (TPSA) is 56.8 Å². The van der Waals surface area contributed by atoms with E-state index in [-0.39, 0.29) is 5.91 Å². The number of para-hydroxylation sites is 1. The molecule has 1 N–H and O–H groups in total. The van der Waals surface area contributed by atoms with Crippen LogP contribution < -0.4 is 14.8 Å². The van der Waals surface area contributed by atoms with Crippen LogP contribution in [0.5, 0.6) is 11.5 Å². The summed E-state index contributed by atoms with van der Waals surface area (Å²) in [6.07, 6.45) is 0. The lowest BCUT2D eigenvalue weighted by atomic mass is 10.2. The first-order chi connectivity index (χ1) is 11.3. The van der Waals surface area contributed by atoms with E-state index in [0.29, 0.717) is 37.7 Å². The van der Waals surface area contributed by atoms with Gasteiger partial charge in [0.05, 0.1) is 6.61 Å². The minimum absolute atomic E-state index is 0.124. The largest absolute Gasteiger partial charge is 0.490 e. The number of hydrogen-bond donors (Lipinski definition) is 1. The van der Waals surface area contributed by atoms with Crippen LogP contribution in [-0.2, 0) is 4.74 Å². The lowest BCUT2D eigenvalue weighted by Crippen LogP contribution is -2.26. The number of benzene rings is 2. The summed E-state index contributed by atoms with van der Waals surface area (Å²) < 4.78 is 16.0. The summed E-state index contributed by atoms with van der Waals surface area (Å²) >= 11 is 0. The molecule has 122 valence electrons. The second-order valence-electron chi connectivity index (χ2n) is 4.78. The normalized spacial score (nSPS) is 10.1. The minimum Gasteiger partial charge on any atom is -0.490 e. The Kier molecular flexibility index (Phi) is 6.94. The first-order valence-electron chi connectivity index (χ1n) is 7.47. The quantitative estimate of drug-likeness (QED) is 0.723. The fourth-order valence-corrected chi connectivity index (χ4v) is 1.91. The molecule has 23 heavy (non-hydrogen) atoms. The van der Waals surface area contributed by atoms with Crippen molar-refractivity contribution < 1.29 is 19.0 Å². The number of methoxy groups -OCH3 is 1. The first kappa shape index (κ1) is 16.8. The molecule has 0 atom stereocenters. The zero-order chi connectivity index (χ0) is 16.3. The molecule has 0 heterocycles. The molecule has 0 saturated carbocycles. The highest BCUT2D eigenvalue weighted by atomic mass is 16.5. The Morgan fingerprint density at radius 1 is 0.870 bits per heavy atom. The van der Waals surface area contributed by atoms with Crippen LogP contribution in [-0.4, -0.2) is 39.4 Å². The first-order valence-corrected chi connectivity index (χ1v) is 7.47. The van der Waals surface area contributed by atoms with Gasteiger partial charge in [0.15, 0.2) is 0 Å². The van der Waals surface area contributed by atoms with Gasteiger partial charge in [-0.15, -0.1) is 0 Å². The Morgan fingerprint density at radius 2 is 1.48 bits per heavy atom. The Balaban J connectivity index is 1.71. The van der Waals surface area contributed by atoms with E-state index in [1.165, 1.54) is 0 Å². The number of carbonyl (C=O) groups is 1. The molecule has 0 spiro atoms. The average molecular weight is 315 g/mol. The van der Waals surface area contributed by atoms with Crippen molar-refractivity contribution in [3.05, 3.63) is 60.2 Å². The molecule has 2 aromatic rings. The Hall–Kier alpha value is -2.53. The van der Waals surface area contributed by atoms with Crippen LogP contribution in [0.3, 0.4) is 0 Å². The number of carbonyl (C=O) groups excluding carboxylic acids is 1. The molecular formula is C18H21NO4. The molecule has 0 radical (unpaired) electrons. The Morgan fingerprint density at radius 3 is 2.09 bits per heavy atom. The molecule has 0 bridgehead atoms. The highest BCUT2D eigenvalue weighted by Crippen LogP contribution is 2.13. The Bertz CT molecular complexity index is 584. The zero-order valence-electron chi connectivity index (χ0n) is 13.2. The minimum atomic E-state index is -0.124. The van der Waals surface area contributed by atoms with Crippen LogP contribution in [0.25, 0.3) is 0 Å². The van der Waals surface area contributed by atoms with Gasteiger partial charge < -0.3 is 19.5 Å². The van der Waals surface area contributed by atoms with Gasteiger partial charge in [-0.25, -0.2) is 0 Å². The summed E-state index contributed by atoms with van der Waals surface area (Å²) in [6.45, 7) is 1.89. The third-order valence-electron chi connectivity index (χ3n) is 3.07. The van der Waals surface area contributed by atoms with Crippen LogP contribution in [0.15, 0.2) is 54.6 Å². The van der Waals surface area contributed by atoms with Gasteiger partial charge in [-0.05, 0) is 36.4 Å². The standard InChI is InChI=1S/C18H21NO4/c1-21-12-11-19-18(20)15-7-9-17(10-8-15)23-14-13-22-16-5-3-2-4-6-16/h2-10H,11-14H2,1H3,(H,19,20). The van der Waals surface area contributed by atoms with Gasteiger partial charge in [-0.1, -0.05) is 18.2 Å². The van der Waals surface area contributed by atoms with E-state index in [1.54, 1.807) is 31.4 Å². The van der Waals surface area contributed by atoms with E-state index in [0.717, 1.165) is 5.75 Å². The van der Waals surface area contributed by atoms with E-state index < -0.39 is 0 Å². The summed E-state index contributed by atoms with van der Waals surface area (Å²) in [4.78, 5) is 11.8. The molecule has 0 unspecified atom stereocenters. The molecule has 5 heteroatoms. The zero-order valence-corrected chi connectivity index (χ0v) is 13.2. The summed E-state index contributed by atoms with van der Waals surface area (Å²) in [5.41, 5.74) is 0.592. The molecule has 2 rings (SSSR count). The number of hydrogen-bond acceptors (Lipinski definition) is 4. The van der Waals surface area contributed by atoms with Crippen molar-refractivity contribution >= 4 is 5.91 Å². The maximum absolute atomic E-state index is 11.8. The van der Waals surface area contributed by atoms with Crippen molar-refractivity contribution in [3.8, 4) is 11.5 Å². The smallest absolute Gasteiger partial charge is 0.251 e. The third-order valence-corrected chi connectivity index (χ3v) is 3.07. The van der Waals surface area contributed by atoms with Gasteiger partial charge >= 0.3 is 0 Å². The summed E-state index contributed by atoms with van der Waals surface area (Å²) in [6, 6.07) is 16.6. The van der Waals surface area contributed by atoms with Crippen LogP contribution in [0.2, 0.25) is 0 Å². The highest BCUT2D eigenvalue weighted by Gasteiger charge is 2.04. The highest BCUT2D eigenvalue weighted by molar-refractivity contribution is 5.94. The van der Waals surface area contributed by atoms with Gasteiger partial charge in [0, 0.05) is 19.2 Å². The molecule has 0 saturated heterocycles. The second-order valence-corrected chi connectivity index (χ2v) is 4.78. The van der Waals surface area contributed by atoms with Crippen molar-refractivity contribution in [2.24, 2.45) is 0 Å². The van der Waals surface area contributed by atoms with E-state index in [1.807, 2.05) is 30.3 Å². The van der Waals surface area contributed by atoms with E-state index >= 15 is 0 Å². The SMILES string of the molecule is COCCNC(=O)c1ccc(OCCOc2ccccc2)cc1. The molecule has 0 aliphatic carbocycles. The van der Waals surface area contributed by atoms with E-state index in [4.69, 9.17) is 14.2 Å². The van der Waals surface area contributed by atoms with Crippen molar-refractivity contribution in [2.45, 2.75) is 0 Å². The third kappa shape index (κ3) is 6.00. The Labute approximate surface area is 136 Å². The summed E-state index contributed by atoms with van der Waals surface area (Å²) in [5, 5.41) is 2.77. The van der Waals surface area contributed by atoms with Crippen molar-refractivity contribution in [1.82, 2.24) is 5.32 Å². The fraction of sp³-hybridized carbons (Fsp3) is 0.278. The number of amides is 1. The molecule has 0 aliphatic heterocycles.